The van der Waals surface area contributed by atoms with Crippen molar-refractivity contribution >= 4 is 5.97 Å². The molecule has 1 saturated heterocycles. The predicted octanol–water partition coefficient (Wildman–Crippen LogP) is 1.21. The van der Waals surface area contributed by atoms with Crippen molar-refractivity contribution in [3.05, 3.63) is 0 Å². The highest BCUT2D eigenvalue weighted by Gasteiger charge is 2.55. The van der Waals surface area contributed by atoms with Gasteiger partial charge in [0.15, 0.2) is 0 Å². The Morgan fingerprint density at radius 2 is 2.12 bits per heavy atom. The Balaban J connectivity index is 1.71. The quantitative estimate of drug-likeness (QED) is 0.784. The molecule has 1 heterocycles. The summed E-state index contributed by atoms with van der Waals surface area (Å²) < 4.78 is 5.85. The number of carbonyl (C=O) groups is 1. The van der Waals surface area contributed by atoms with Crippen molar-refractivity contribution in [1.29, 1.82) is 0 Å². The van der Waals surface area contributed by atoms with E-state index >= 15 is 0 Å². The predicted molar refractivity (Wildman–Crippen MR) is 60.3 cm³/mol. The maximum atomic E-state index is 10.8. The summed E-state index contributed by atoms with van der Waals surface area (Å²) >= 11 is 0. The summed E-state index contributed by atoms with van der Waals surface area (Å²) in [6.07, 6.45) is 3.26. The Hall–Kier alpha value is -0.610. The lowest BCUT2D eigenvalue weighted by atomic mass is 10.1. The molecule has 2 unspecified atom stereocenters. The molecular weight excluding hydrogens is 206 g/mol. The Kier molecular flexibility index (Phi) is 3.22. The summed E-state index contributed by atoms with van der Waals surface area (Å²) in [7, 11) is 2.12. The highest BCUT2D eigenvalue weighted by Crippen LogP contribution is 2.52. The number of nitrogens with zero attached hydrogens (tertiary/aromatic N) is 1. The monoisotopic (exact) mass is 227 g/mol. The molecule has 1 aliphatic carbocycles. The minimum Gasteiger partial charge on any atom is -0.481 e. The molecule has 0 aromatic carbocycles. The first-order valence-electron chi connectivity index (χ1n) is 6.04. The molecule has 0 aromatic rings. The average Bonchev–Trinajstić information content (AvgIpc) is 2.91. The standard InChI is InChI=1S/C12H21NO3/c1-12(7-10(12)11(14)15)8-16-9-3-5-13(2)6-4-9/h9-10H,3-8H2,1-2H3,(H,14,15). The second kappa shape index (κ2) is 4.34. The zero-order valence-electron chi connectivity index (χ0n) is 10.1. The van der Waals surface area contributed by atoms with Gasteiger partial charge in [-0.15, -0.1) is 0 Å². The van der Waals surface area contributed by atoms with E-state index in [2.05, 4.69) is 11.9 Å². The summed E-state index contributed by atoms with van der Waals surface area (Å²) in [5, 5.41) is 8.90. The second-order valence-electron chi connectivity index (χ2n) is 5.56. The van der Waals surface area contributed by atoms with Crippen LogP contribution in [-0.4, -0.2) is 48.8 Å². The number of ether oxygens (including phenoxy) is 1. The Bertz CT molecular complexity index is 273. The molecule has 4 heteroatoms. The molecule has 0 radical (unpaired) electrons. The van der Waals surface area contributed by atoms with Crippen LogP contribution in [0, 0.1) is 11.3 Å². The zero-order chi connectivity index (χ0) is 11.8. The van der Waals surface area contributed by atoms with Crippen LogP contribution in [0.3, 0.4) is 0 Å². The van der Waals surface area contributed by atoms with Crippen molar-refractivity contribution in [2.75, 3.05) is 26.7 Å². The normalized spacial score (nSPS) is 36.2. The van der Waals surface area contributed by atoms with E-state index in [4.69, 9.17) is 9.84 Å². The number of likely N-dealkylation sites (tertiary alicyclic amines) is 1. The van der Waals surface area contributed by atoms with Crippen molar-refractivity contribution in [3.63, 3.8) is 0 Å². The van der Waals surface area contributed by atoms with Gasteiger partial charge in [0.1, 0.15) is 0 Å². The minimum absolute atomic E-state index is 0.102. The zero-order valence-corrected chi connectivity index (χ0v) is 10.1. The highest BCUT2D eigenvalue weighted by atomic mass is 16.5. The van der Waals surface area contributed by atoms with Gasteiger partial charge in [0.2, 0.25) is 0 Å². The lowest BCUT2D eigenvalue weighted by molar-refractivity contribution is -0.140. The van der Waals surface area contributed by atoms with Gasteiger partial charge < -0.3 is 14.7 Å². The molecule has 2 aliphatic rings. The Morgan fingerprint density at radius 1 is 1.50 bits per heavy atom. The van der Waals surface area contributed by atoms with Gasteiger partial charge in [0, 0.05) is 18.5 Å². The third kappa shape index (κ3) is 2.55. The van der Waals surface area contributed by atoms with Crippen molar-refractivity contribution in [2.45, 2.75) is 32.3 Å². The molecule has 2 atom stereocenters. The molecule has 0 spiro atoms. The van der Waals surface area contributed by atoms with E-state index in [-0.39, 0.29) is 11.3 Å². The van der Waals surface area contributed by atoms with Crippen LogP contribution < -0.4 is 0 Å². The van der Waals surface area contributed by atoms with Gasteiger partial charge in [-0.1, -0.05) is 6.92 Å². The fourth-order valence-corrected chi connectivity index (χ4v) is 2.41. The number of carboxylic acid groups (broad SMARTS) is 1. The molecule has 16 heavy (non-hydrogen) atoms. The van der Waals surface area contributed by atoms with Crippen LogP contribution in [0.1, 0.15) is 26.2 Å². The number of hydrogen-bond donors (Lipinski definition) is 1. The lowest BCUT2D eigenvalue weighted by Gasteiger charge is -2.29. The van der Waals surface area contributed by atoms with E-state index in [1.807, 2.05) is 6.92 Å². The van der Waals surface area contributed by atoms with Crippen LogP contribution in [-0.2, 0) is 9.53 Å². The van der Waals surface area contributed by atoms with Crippen LogP contribution in [0.15, 0.2) is 0 Å². The molecule has 1 aliphatic heterocycles. The summed E-state index contributed by atoms with van der Waals surface area (Å²) in [6, 6.07) is 0. The van der Waals surface area contributed by atoms with Crippen molar-refractivity contribution in [2.24, 2.45) is 11.3 Å². The number of carboxylic acids is 1. The largest absolute Gasteiger partial charge is 0.481 e. The molecule has 0 amide bonds. The third-order valence-corrected chi connectivity index (χ3v) is 3.96. The second-order valence-corrected chi connectivity index (χ2v) is 5.56. The van der Waals surface area contributed by atoms with E-state index in [1.54, 1.807) is 0 Å². The van der Waals surface area contributed by atoms with Crippen LogP contribution in [0.2, 0.25) is 0 Å². The summed E-state index contributed by atoms with van der Waals surface area (Å²) in [4.78, 5) is 13.1. The van der Waals surface area contributed by atoms with E-state index in [0.29, 0.717) is 12.7 Å². The topological polar surface area (TPSA) is 49.8 Å². The Labute approximate surface area is 96.6 Å². The summed E-state index contributed by atoms with van der Waals surface area (Å²) in [6.45, 7) is 4.80. The number of aliphatic carboxylic acids is 1. The van der Waals surface area contributed by atoms with Crippen LogP contribution in [0.25, 0.3) is 0 Å². The maximum Gasteiger partial charge on any atom is 0.307 e. The molecule has 2 fully saturated rings. The van der Waals surface area contributed by atoms with Crippen molar-refractivity contribution in [1.82, 2.24) is 4.90 Å². The maximum absolute atomic E-state index is 10.8. The molecule has 1 N–H and O–H groups in total. The first-order chi connectivity index (χ1) is 7.51. The Morgan fingerprint density at radius 3 is 2.62 bits per heavy atom. The van der Waals surface area contributed by atoms with E-state index < -0.39 is 5.97 Å². The third-order valence-electron chi connectivity index (χ3n) is 3.96. The first kappa shape index (κ1) is 11.9. The molecule has 0 aromatic heterocycles. The van der Waals surface area contributed by atoms with Crippen LogP contribution in [0.5, 0.6) is 0 Å². The van der Waals surface area contributed by atoms with E-state index in [9.17, 15) is 4.79 Å². The smallest absolute Gasteiger partial charge is 0.307 e. The van der Waals surface area contributed by atoms with E-state index in [1.165, 1.54) is 0 Å². The van der Waals surface area contributed by atoms with Gasteiger partial charge in [-0.2, -0.15) is 0 Å². The number of rotatable bonds is 4. The fraction of sp³-hybridized carbons (Fsp3) is 0.917. The van der Waals surface area contributed by atoms with Crippen LogP contribution in [0.4, 0.5) is 0 Å². The number of hydrogen-bond acceptors (Lipinski definition) is 3. The van der Waals surface area contributed by atoms with Gasteiger partial charge >= 0.3 is 5.97 Å². The van der Waals surface area contributed by atoms with Crippen molar-refractivity contribution < 1.29 is 14.6 Å². The molecule has 92 valence electrons. The average molecular weight is 227 g/mol. The van der Waals surface area contributed by atoms with E-state index in [0.717, 1.165) is 32.4 Å². The fourth-order valence-electron chi connectivity index (χ4n) is 2.41. The van der Waals surface area contributed by atoms with Crippen molar-refractivity contribution in [3.8, 4) is 0 Å². The first-order valence-corrected chi connectivity index (χ1v) is 6.04. The molecule has 1 saturated carbocycles. The minimum atomic E-state index is -0.672. The van der Waals surface area contributed by atoms with Gasteiger partial charge in [-0.25, -0.2) is 0 Å². The molecule has 2 rings (SSSR count). The number of piperidine rings is 1. The summed E-state index contributed by atoms with van der Waals surface area (Å²) in [5.41, 5.74) is -0.102. The molecule has 0 bridgehead atoms. The van der Waals surface area contributed by atoms with Gasteiger partial charge in [0.05, 0.1) is 18.6 Å². The van der Waals surface area contributed by atoms with Gasteiger partial charge in [-0.05, 0) is 26.3 Å². The lowest BCUT2D eigenvalue weighted by Crippen LogP contribution is -2.35. The van der Waals surface area contributed by atoms with Gasteiger partial charge in [-0.3, -0.25) is 4.79 Å². The van der Waals surface area contributed by atoms with Crippen LogP contribution >= 0.6 is 0 Å². The SMILES string of the molecule is CN1CCC(OCC2(C)CC2C(=O)O)CC1. The van der Waals surface area contributed by atoms with Gasteiger partial charge in [0.25, 0.3) is 0 Å². The summed E-state index contributed by atoms with van der Waals surface area (Å²) in [5.74, 6) is -0.853. The molecule has 4 nitrogen and oxygen atoms in total. The highest BCUT2D eigenvalue weighted by molar-refractivity contribution is 5.74. The molecular formula is C12H21NO3.